The lowest BCUT2D eigenvalue weighted by Gasteiger charge is -2.21. The van der Waals surface area contributed by atoms with Crippen LogP contribution in [0.1, 0.15) is 53.3 Å². The van der Waals surface area contributed by atoms with E-state index in [1.165, 1.54) is 11.3 Å². The first-order valence-corrected chi connectivity index (χ1v) is 10.9. The van der Waals surface area contributed by atoms with Gasteiger partial charge in [0.05, 0.1) is 11.5 Å². The van der Waals surface area contributed by atoms with Crippen molar-refractivity contribution < 1.29 is 14.7 Å². The molecule has 2 amide bonds. The molecule has 0 bridgehead atoms. The molecule has 1 saturated carbocycles. The quantitative estimate of drug-likeness (QED) is 0.836. The maximum atomic E-state index is 13.0. The van der Waals surface area contributed by atoms with Gasteiger partial charge in [0.1, 0.15) is 4.83 Å². The van der Waals surface area contributed by atoms with Crippen LogP contribution in [0.4, 0.5) is 0 Å². The van der Waals surface area contributed by atoms with E-state index < -0.39 is 0 Å². The largest absolute Gasteiger partial charge is 0.395 e. The fraction of sp³-hybridized carbons (Fsp3) is 0.571. The summed E-state index contributed by atoms with van der Waals surface area (Å²) >= 11 is 1.42. The number of nitrogens with zero attached hydrogens (tertiary/aromatic N) is 3. The molecule has 1 saturated heterocycles. The van der Waals surface area contributed by atoms with Crippen molar-refractivity contribution in [1.29, 1.82) is 0 Å². The lowest BCUT2D eigenvalue weighted by atomic mass is 9.95. The first kappa shape index (κ1) is 19.3. The normalized spacial score (nSPS) is 20.2. The highest BCUT2D eigenvalue weighted by Gasteiger charge is 2.36. The summed E-state index contributed by atoms with van der Waals surface area (Å²) in [5.74, 6) is 0.566. The van der Waals surface area contributed by atoms with Gasteiger partial charge < -0.3 is 14.9 Å². The molecule has 1 atom stereocenters. The smallest absolute Gasteiger partial charge is 0.264 e. The van der Waals surface area contributed by atoms with Gasteiger partial charge in [0.2, 0.25) is 5.91 Å². The van der Waals surface area contributed by atoms with Crippen molar-refractivity contribution in [3.8, 4) is 0 Å². The molecule has 2 aromatic rings. The Morgan fingerprint density at radius 3 is 2.86 bits per heavy atom. The Hall–Kier alpha value is -1.99. The highest BCUT2D eigenvalue weighted by Crippen LogP contribution is 2.40. The molecule has 1 N–H and O–H groups in total. The lowest BCUT2D eigenvalue weighted by molar-refractivity contribution is -0.134. The molecule has 0 unspecified atom stereocenters. The number of carbonyl (C=O) groups excluding carboxylic acids is 2. The highest BCUT2D eigenvalue weighted by atomic mass is 32.1. The van der Waals surface area contributed by atoms with Crippen LogP contribution in [0.2, 0.25) is 0 Å². The fourth-order valence-corrected chi connectivity index (χ4v) is 5.79. The molecule has 0 aromatic carbocycles. The third-order valence-corrected chi connectivity index (χ3v) is 7.21. The van der Waals surface area contributed by atoms with Gasteiger partial charge in [-0.1, -0.05) is 18.9 Å². The number of hydrogen-bond donors (Lipinski definition) is 1. The number of aliphatic hydroxyl groups is 1. The summed E-state index contributed by atoms with van der Waals surface area (Å²) in [6.45, 7) is 1.68. The van der Waals surface area contributed by atoms with Crippen LogP contribution in [0.15, 0.2) is 18.3 Å². The summed E-state index contributed by atoms with van der Waals surface area (Å²) in [6, 6.07) is 3.93. The average molecular weight is 402 g/mol. The van der Waals surface area contributed by atoms with Crippen molar-refractivity contribution in [3.63, 3.8) is 0 Å². The van der Waals surface area contributed by atoms with Gasteiger partial charge >= 0.3 is 0 Å². The maximum absolute atomic E-state index is 13.0. The van der Waals surface area contributed by atoms with E-state index >= 15 is 0 Å². The van der Waals surface area contributed by atoms with E-state index in [4.69, 9.17) is 0 Å². The number of aromatic nitrogens is 1. The van der Waals surface area contributed by atoms with Gasteiger partial charge in [0.15, 0.2) is 0 Å². The van der Waals surface area contributed by atoms with Crippen LogP contribution in [0.3, 0.4) is 0 Å². The van der Waals surface area contributed by atoms with E-state index in [2.05, 4.69) is 4.98 Å². The minimum atomic E-state index is -0.0763. The summed E-state index contributed by atoms with van der Waals surface area (Å²) in [5.41, 5.74) is 1.03. The first-order valence-electron chi connectivity index (χ1n) is 10.1. The van der Waals surface area contributed by atoms with Crippen molar-refractivity contribution in [1.82, 2.24) is 14.8 Å². The van der Waals surface area contributed by atoms with Gasteiger partial charge in [0.25, 0.3) is 5.91 Å². The van der Waals surface area contributed by atoms with E-state index in [0.717, 1.165) is 54.4 Å². The first-order chi connectivity index (χ1) is 13.6. The standard InChI is InChI=1S/C21H27N3O3S/c1-23(11-12-25)21(27)18-17(16-7-4-9-22-19(16)28-18)15-8-10-24(13-15)20(26)14-5-2-3-6-14/h4,7,9,14-15,25H,2-3,5-6,8,10-13H2,1H3/t15-/m1/s1. The minimum absolute atomic E-state index is 0.0617. The predicted molar refractivity (Wildman–Crippen MR) is 110 cm³/mol. The Kier molecular flexibility index (Phi) is 5.64. The zero-order chi connectivity index (χ0) is 19.7. The molecule has 1 aliphatic carbocycles. The Bertz CT molecular complexity index is 875. The van der Waals surface area contributed by atoms with Gasteiger partial charge in [-0.05, 0) is 30.9 Å². The SMILES string of the molecule is CN(CCO)C(=O)c1sc2ncccc2c1[C@@H]1CCN(C(=O)C2CCCC2)C1. The number of pyridine rings is 1. The van der Waals surface area contributed by atoms with Crippen LogP contribution >= 0.6 is 11.3 Å². The number of hydrogen-bond acceptors (Lipinski definition) is 5. The number of likely N-dealkylation sites (tertiary alicyclic amines) is 1. The number of likely N-dealkylation sites (N-methyl/N-ethyl adjacent to an activating group) is 1. The summed E-state index contributed by atoms with van der Waals surface area (Å²) < 4.78 is 0. The second-order valence-electron chi connectivity index (χ2n) is 7.90. The molecule has 2 aromatic heterocycles. The van der Waals surface area contributed by atoms with Gasteiger partial charge in [-0.3, -0.25) is 9.59 Å². The van der Waals surface area contributed by atoms with Crippen LogP contribution in [0.25, 0.3) is 10.2 Å². The van der Waals surface area contributed by atoms with Gasteiger partial charge in [0, 0.05) is 50.1 Å². The second kappa shape index (κ2) is 8.17. The number of amides is 2. The van der Waals surface area contributed by atoms with Gasteiger partial charge in [-0.2, -0.15) is 0 Å². The average Bonchev–Trinajstić information content (AvgIpc) is 3.45. The number of aliphatic hydroxyl groups excluding tert-OH is 1. The van der Waals surface area contributed by atoms with E-state index in [-0.39, 0.29) is 24.3 Å². The van der Waals surface area contributed by atoms with Crippen LogP contribution in [-0.2, 0) is 4.79 Å². The summed E-state index contributed by atoms with van der Waals surface area (Å²) in [6.07, 6.45) is 6.97. The number of thiophene rings is 1. The van der Waals surface area contributed by atoms with Gasteiger partial charge in [-0.15, -0.1) is 11.3 Å². The van der Waals surface area contributed by atoms with E-state index in [9.17, 15) is 14.7 Å². The lowest BCUT2D eigenvalue weighted by Crippen LogP contribution is -2.33. The van der Waals surface area contributed by atoms with Crippen LogP contribution in [0, 0.1) is 5.92 Å². The molecule has 7 heteroatoms. The number of carbonyl (C=O) groups is 2. The Morgan fingerprint density at radius 2 is 2.11 bits per heavy atom. The third-order valence-electron chi connectivity index (χ3n) is 6.09. The van der Waals surface area contributed by atoms with E-state index in [0.29, 0.717) is 23.9 Å². The molecule has 4 rings (SSSR count). The van der Waals surface area contributed by atoms with Crippen molar-refractivity contribution in [2.45, 2.75) is 38.0 Å². The van der Waals surface area contributed by atoms with Crippen molar-refractivity contribution in [2.75, 3.05) is 33.3 Å². The summed E-state index contributed by atoms with van der Waals surface area (Å²) in [5, 5.41) is 10.2. The molecule has 28 heavy (non-hydrogen) atoms. The molecule has 6 nitrogen and oxygen atoms in total. The molecular formula is C21H27N3O3S. The number of fused-ring (bicyclic) bond motifs is 1. The molecule has 2 aliphatic rings. The Morgan fingerprint density at radius 1 is 1.32 bits per heavy atom. The monoisotopic (exact) mass is 401 g/mol. The number of rotatable bonds is 5. The molecule has 1 aliphatic heterocycles. The molecular weight excluding hydrogens is 374 g/mol. The fourth-order valence-electron chi connectivity index (χ4n) is 4.57. The summed E-state index contributed by atoms with van der Waals surface area (Å²) in [4.78, 5) is 35.5. The maximum Gasteiger partial charge on any atom is 0.264 e. The van der Waals surface area contributed by atoms with Crippen LogP contribution in [0.5, 0.6) is 0 Å². The van der Waals surface area contributed by atoms with Crippen LogP contribution in [-0.4, -0.2) is 65.0 Å². The van der Waals surface area contributed by atoms with Crippen molar-refractivity contribution in [2.24, 2.45) is 5.92 Å². The molecule has 150 valence electrons. The van der Waals surface area contributed by atoms with Gasteiger partial charge in [-0.25, -0.2) is 4.98 Å². The molecule has 0 spiro atoms. The predicted octanol–water partition coefficient (Wildman–Crippen LogP) is 2.87. The van der Waals surface area contributed by atoms with Crippen molar-refractivity contribution >= 4 is 33.4 Å². The summed E-state index contributed by atoms with van der Waals surface area (Å²) in [7, 11) is 1.71. The molecule has 2 fully saturated rings. The minimum Gasteiger partial charge on any atom is -0.395 e. The second-order valence-corrected chi connectivity index (χ2v) is 8.90. The topological polar surface area (TPSA) is 73.7 Å². The zero-order valence-electron chi connectivity index (χ0n) is 16.3. The van der Waals surface area contributed by atoms with E-state index in [1.54, 1.807) is 18.1 Å². The van der Waals surface area contributed by atoms with Crippen LogP contribution < -0.4 is 0 Å². The molecule has 0 radical (unpaired) electrons. The Labute approximate surface area is 169 Å². The third kappa shape index (κ3) is 3.53. The highest BCUT2D eigenvalue weighted by molar-refractivity contribution is 7.20. The van der Waals surface area contributed by atoms with Crippen molar-refractivity contribution in [3.05, 3.63) is 28.8 Å². The zero-order valence-corrected chi connectivity index (χ0v) is 17.1. The van der Waals surface area contributed by atoms with E-state index in [1.807, 2.05) is 17.0 Å². The molecule has 3 heterocycles. The Balaban J connectivity index is 1.63.